The number of nitrogens with zero attached hydrogens (tertiary/aromatic N) is 1. The van der Waals surface area contributed by atoms with E-state index < -0.39 is 0 Å². The van der Waals surface area contributed by atoms with Crippen LogP contribution in [0.3, 0.4) is 0 Å². The van der Waals surface area contributed by atoms with Crippen LogP contribution in [0.2, 0.25) is 4.34 Å². The molecule has 0 unspecified atom stereocenters. The van der Waals surface area contributed by atoms with Crippen molar-refractivity contribution in [3.05, 3.63) is 46.1 Å². The van der Waals surface area contributed by atoms with Crippen LogP contribution >= 0.6 is 22.9 Å². The maximum Gasteiger partial charge on any atom is 0.144 e. The van der Waals surface area contributed by atoms with Crippen LogP contribution < -0.4 is 0 Å². The summed E-state index contributed by atoms with van der Waals surface area (Å²) in [5.41, 5.74) is 2.19. The normalized spacial score (nSPS) is 11.9. The molecule has 0 amide bonds. The fraction of sp³-hybridized carbons (Fsp3) is 0.154. The number of pyridine rings is 1. The minimum absolute atomic E-state index is 0.293. The second-order valence-electron chi connectivity index (χ2n) is 3.63. The van der Waals surface area contributed by atoms with E-state index >= 15 is 0 Å². The van der Waals surface area contributed by atoms with Crippen LogP contribution in [0.1, 0.15) is 18.2 Å². The van der Waals surface area contributed by atoms with Crippen LogP contribution in [-0.4, -0.2) is 4.98 Å². The largest absolute Gasteiger partial charge is 0.253 e. The standard InChI is InChI=1S/C13H11ClFNS/c1-3-10(15)13-8(2)6-9(7-16-13)11-4-5-12(14)17-11/h3-7H,1-2H3/b10-3+. The summed E-state index contributed by atoms with van der Waals surface area (Å²) in [6.07, 6.45) is 3.09. The highest BCUT2D eigenvalue weighted by Gasteiger charge is 2.08. The van der Waals surface area contributed by atoms with Crippen LogP contribution in [0.25, 0.3) is 16.3 Å². The molecule has 0 atom stereocenters. The molecule has 88 valence electrons. The van der Waals surface area contributed by atoms with Crippen molar-refractivity contribution in [2.75, 3.05) is 0 Å². The lowest BCUT2D eigenvalue weighted by atomic mass is 10.1. The molecule has 17 heavy (non-hydrogen) atoms. The van der Waals surface area contributed by atoms with Crippen LogP contribution in [0.5, 0.6) is 0 Å². The monoisotopic (exact) mass is 267 g/mol. The summed E-state index contributed by atoms with van der Waals surface area (Å²) in [7, 11) is 0. The minimum atomic E-state index is -0.293. The van der Waals surface area contributed by atoms with E-state index in [4.69, 9.17) is 11.6 Å². The van der Waals surface area contributed by atoms with E-state index in [1.807, 2.05) is 25.1 Å². The number of halogens is 2. The molecule has 4 heteroatoms. The number of hydrogen-bond donors (Lipinski definition) is 0. The summed E-state index contributed by atoms with van der Waals surface area (Å²) in [6, 6.07) is 5.71. The average molecular weight is 268 g/mol. The van der Waals surface area contributed by atoms with Gasteiger partial charge in [0, 0.05) is 16.6 Å². The zero-order chi connectivity index (χ0) is 12.4. The lowest BCUT2D eigenvalue weighted by Gasteiger charge is -2.04. The maximum absolute atomic E-state index is 13.4. The van der Waals surface area contributed by atoms with Gasteiger partial charge in [-0.15, -0.1) is 11.3 Å². The Kier molecular flexibility index (Phi) is 3.60. The number of rotatable bonds is 2. The molecule has 0 aliphatic heterocycles. The molecule has 1 nitrogen and oxygen atoms in total. The molecule has 2 aromatic heterocycles. The second kappa shape index (κ2) is 4.98. The van der Waals surface area contributed by atoms with E-state index in [2.05, 4.69) is 4.98 Å². The molecule has 0 aliphatic carbocycles. The minimum Gasteiger partial charge on any atom is -0.253 e. The van der Waals surface area contributed by atoms with Gasteiger partial charge < -0.3 is 0 Å². The van der Waals surface area contributed by atoms with Gasteiger partial charge >= 0.3 is 0 Å². The first-order valence-electron chi connectivity index (χ1n) is 5.16. The lowest BCUT2D eigenvalue weighted by molar-refractivity contribution is 0.749. The SMILES string of the molecule is C/C=C(/F)c1ncc(-c2ccc(Cl)s2)cc1C. The van der Waals surface area contributed by atoms with Gasteiger partial charge in [0.05, 0.1) is 4.34 Å². The fourth-order valence-electron chi connectivity index (χ4n) is 1.57. The highest BCUT2D eigenvalue weighted by Crippen LogP contribution is 2.32. The molecule has 2 aromatic rings. The third-order valence-corrected chi connectivity index (χ3v) is 3.70. The van der Waals surface area contributed by atoms with E-state index in [0.717, 1.165) is 20.3 Å². The van der Waals surface area contributed by atoms with Crippen LogP contribution in [0.4, 0.5) is 4.39 Å². The molecular formula is C13H11ClFNS. The third-order valence-electron chi connectivity index (χ3n) is 2.42. The van der Waals surface area contributed by atoms with Gasteiger partial charge in [-0.1, -0.05) is 11.6 Å². The molecule has 2 heterocycles. The zero-order valence-electron chi connectivity index (χ0n) is 9.50. The van der Waals surface area contributed by atoms with Crippen molar-refractivity contribution < 1.29 is 4.39 Å². The molecule has 0 N–H and O–H groups in total. The van der Waals surface area contributed by atoms with Crippen molar-refractivity contribution in [2.24, 2.45) is 0 Å². The van der Waals surface area contributed by atoms with Crippen molar-refractivity contribution >= 4 is 28.8 Å². The Bertz CT molecular complexity index is 575. The van der Waals surface area contributed by atoms with Gasteiger partial charge in [-0.25, -0.2) is 4.39 Å². The quantitative estimate of drug-likeness (QED) is 0.737. The average Bonchev–Trinajstić information content (AvgIpc) is 2.75. The summed E-state index contributed by atoms with van der Waals surface area (Å²) in [5, 5.41) is 0. The molecule has 0 saturated carbocycles. The topological polar surface area (TPSA) is 12.9 Å². The van der Waals surface area contributed by atoms with E-state index in [1.165, 1.54) is 17.4 Å². The van der Waals surface area contributed by atoms with Gasteiger partial charge in [-0.05, 0) is 43.7 Å². The van der Waals surface area contributed by atoms with Crippen LogP contribution in [-0.2, 0) is 0 Å². The summed E-state index contributed by atoms with van der Waals surface area (Å²) >= 11 is 7.37. The van der Waals surface area contributed by atoms with Crippen LogP contribution in [0.15, 0.2) is 30.5 Å². The Morgan fingerprint density at radius 2 is 2.24 bits per heavy atom. The predicted molar refractivity (Wildman–Crippen MR) is 72.1 cm³/mol. The van der Waals surface area contributed by atoms with Crippen molar-refractivity contribution in [3.8, 4) is 10.4 Å². The second-order valence-corrected chi connectivity index (χ2v) is 5.34. The number of aromatic nitrogens is 1. The first-order chi connectivity index (χ1) is 8.11. The van der Waals surface area contributed by atoms with Crippen molar-refractivity contribution in [1.29, 1.82) is 0 Å². The highest BCUT2D eigenvalue weighted by molar-refractivity contribution is 7.19. The number of aryl methyl sites for hydroxylation is 1. The molecule has 0 fully saturated rings. The summed E-state index contributed by atoms with van der Waals surface area (Å²) < 4.78 is 14.2. The molecule has 0 aromatic carbocycles. The zero-order valence-corrected chi connectivity index (χ0v) is 11.1. The highest BCUT2D eigenvalue weighted by atomic mass is 35.5. The van der Waals surface area contributed by atoms with Gasteiger partial charge in [-0.3, -0.25) is 4.98 Å². The Balaban J connectivity index is 2.44. The Labute approximate surface area is 109 Å². The first-order valence-corrected chi connectivity index (χ1v) is 6.36. The van der Waals surface area contributed by atoms with E-state index in [1.54, 1.807) is 13.1 Å². The Morgan fingerprint density at radius 3 is 2.76 bits per heavy atom. The van der Waals surface area contributed by atoms with Gasteiger partial charge in [0.15, 0.2) is 0 Å². The van der Waals surface area contributed by atoms with Crippen molar-refractivity contribution in [1.82, 2.24) is 4.98 Å². The van der Waals surface area contributed by atoms with Gasteiger partial charge in [0.25, 0.3) is 0 Å². The molecule has 0 saturated heterocycles. The number of thiophene rings is 1. The summed E-state index contributed by atoms with van der Waals surface area (Å²) in [4.78, 5) is 5.19. The molecule has 0 radical (unpaired) electrons. The summed E-state index contributed by atoms with van der Waals surface area (Å²) in [5.74, 6) is -0.293. The van der Waals surface area contributed by atoms with Gasteiger partial charge in [0.1, 0.15) is 11.5 Å². The van der Waals surface area contributed by atoms with E-state index in [0.29, 0.717) is 5.69 Å². The molecule has 0 bridgehead atoms. The maximum atomic E-state index is 13.4. The fourth-order valence-corrected chi connectivity index (χ4v) is 2.59. The number of hydrogen-bond acceptors (Lipinski definition) is 2. The van der Waals surface area contributed by atoms with E-state index in [9.17, 15) is 4.39 Å². The van der Waals surface area contributed by atoms with Crippen LogP contribution in [0, 0.1) is 6.92 Å². The third kappa shape index (κ3) is 2.56. The molecule has 2 rings (SSSR count). The first kappa shape index (κ1) is 12.3. The summed E-state index contributed by atoms with van der Waals surface area (Å²) in [6.45, 7) is 3.51. The number of allylic oxidation sites excluding steroid dienone is 1. The van der Waals surface area contributed by atoms with Gasteiger partial charge in [-0.2, -0.15) is 0 Å². The Morgan fingerprint density at radius 1 is 1.47 bits per heavy atom. The smallest absolute Gasteiger partial charge is 0.144 e. The van der Waals surface area contributed by atoms with Crippen molar-refractivity contribution in [2.45, 2.75) is 13.8 Å². The molecule has 0 aliphatic rings. The lowest BCUT2D eigenvalue weighted by Crippen LogP contribution is -1.90. The Hall–Kier alpha value is -1.19. The van der Waals surface area contributed by atoms with E-state index in [-0.39, 0.29) is 5.83 Å². The molecule has 0 spiro atoms. The molecular weight excluding hydrogens is 257 g/mol. The van der Waals surface area contributed by atoms with Gasteiger partial charge in [0.2, 0.25) is 0 Å². The van der Waals surface area contributed by atoms with Crippen molar-refractivity contribution in [3.63, 3.8) is 0 Å². The predicted octanol–water partition coefficient (Wildman–Crippen LogP) is 5.10.